The van der Waals surface area contributed by atoms with E-state index in [1.54, 1.807) is 11.1 Å². The van der Waals surface area contributed by atoms with E-state index in [0.717, 1.165) is 36.8 Å². The van der Waals surface area contributed by atoms with Gasteiger partial charge in [-0.1, -0.05) is 62.7 Å². The van der Waals surface area contributed by atoms with Crippen molar-refractivity contribution in [1.29, 1.82) is 0 Å². The van der Waals surface area contributed by atoms with Crippen LogP contribution in [0.3, 0.4) is 0 Å². The molecule has 1 fully saturated rings. The summed E-state index contributed by atoms with van der Waals surface area (Å²) in [5.41, 5.74) is 6.54. The van der Waals surface area contributed by atoms with Gasteiger partial charge in [-0.05, 0) is 72.1 Å². The van der Waals surface area contributed by atoms with Gasteiger partial charge in [0.05, 0.1) is 23.5 Å². The Labute approximate surface area is 284 Å². The smallest absolute Gasteiger partial charge is 0.254 e. The van der Waals surface area contributed by atoms with Gasteiger partial charge in [-0.3, -0.25) is 9.59 Å². The number of aromatic nitrogens is 2. The van der Waals surface area contributed by atoms with Crippen LogP contribution in [0.15, 0.2) is 42.6 Å². The number of rotatable bonds is 8. The van der Waals surface area contributed by atoms with Crippen LogP contribution < -0.4 is 5.32 Å². The SMILES string of the molecule is CC(C)(C)[Si](C)(C)OCc1ccc2c(c1)CCN(C(=O)CN1Cc3ccc(-c4nc(NC5CCOCC5)ncc4Cl)cc3C1=O)CC2. The Balaban J connectivity index is 1.07. The van der Waals surface area contributed by atoms with E-state index in [1.165, 1.54) is 16.7 Å². The van der Waals surface area contributed by atoms with E-state index < -0.39 is 8.32 Å². The highest BCUT2D eigenvalue weighted by molar-refractivity contribution is 6.74. The molecule has 47 heavy (non-hydrogen) atoms. The van der Waals surface area contributed by atoms with E-state index >= 15 is 0 Å². The average molecular weight is 676 g/mol. The number of anilines is 1. The molecule has 1 N–H and O–H groups in total. The van der Waals surface area contributed by atoms with Gasteiger partial charge in [-0.2, -0.15) is 0 Å². The molecule has 2 aromatic carbocycles. The largest absolute Gasteiger partial charge is 0.413 e. The molecule has 9 nitrogen and oxygen atoms in total. The number of hydrogen-bond donors (Lipinski definition) is 1. The molecule has 0 radical (unpaired) electrons. The molecular formula is C36H46ClN5O4Si. The van der Waals surface area contributed by atoms with Crippen molar-refractivity contribution in [2.45, 2.75) is 83.8 Å². The zero-order valence-corrected chi connectivity index (χ0v) is 30.0. The molecule has 0 unspecified atom stereocenters. The van der Waals surface area contributed by atoms with Gasteiger partial charge in [0.15, 0.2) is 8.32 Å². The first-order valence-corrected chi connectivity index (χ1v) is 20.0. The van der Waals surface area contributed by atoms with Crippen molar-refractivity contribution in [3.05, 3.63) is 75.4 Å². The van der Waals surface area contributed by atoms with E-state index in [-0.39, 0.29) is 29.4 Å². The number of fused-ring (bicyclic) bond motifs is 2. The Morgan fingerprint density at radius 3 is 2.53 bits per heavy atom. The summed E-state index contributed by atoms with van der Waals surface area (Å²) >= 11 is 6.53. The molecule has 1 aromatic heterocycles. The molecular weight excluding hydrogens is 630 g/mol. The molecule has 4 heterocycles. The van der Waals surface area contributed by atoms with Crippen molar-refractivity contribution in [2.24, 2.45) is 0 Å². The predicted molar refractivity (Wildman–Crippen MR) is 187 cm³/mol. The van der Waals surface area contributed by atoms with E-state index in [4.69, 9.17) is 25.7 Å². The minimum absolute atomic E-state index is 0.0247. The molecule has 6 rings (SSSR count). The second kappa shape index (κ2) is 13.7. The molecule has 0 spiro atoms. The number of halogens is 1. The van der Waals surface area contributed by atoms with Crippen LogP contribution in [-0.2, 0) is 40.0 Å². The number of nitrogens with one attached hydrogen (secondary N) is 1. The van der Waals surface area contributed by atoms with Crippen molar-refractivity contribution in [3.63, 3.8) is 0 Å². The van der Waals surface area contributed by atoms with Crippen LogP contribution >= 0.6 is 11.6 Å². The highest BCUT2D eigenvalue weighted by Crippen LogP contribution is 2.37. The van der Waals surface area contributed by atoms with Crippen molar-refractivity contribution in [2.75, 3.05) is 38.2 Å². The summed E-state index contributed by atoms with van der Waals surface area (Å²) in [7, 11) is -1.84. The van der Waals surface area contributed by atoms with Crippen molar-refractivity contribution in [1.82, 2.24) is 19.8 Å². The second-order valence-corrected chi connectivity index (χ2v) is 19.7. The summed E-state index contributed by atoms with van der Waals surface area (Å²) in [4.78, 5) is 39.7. The zero-order chi connectivity index (χ0) is 33.3. The molecule has 0 atom stereocenters. The van der Waals surface area contributed by atoms with Crippen LogP contribution in [-0.4, -0.2) is 78.8 Å². The van der Waals surface area contributed by atoms with Gasteiger partial charge in [-0.15, -0.1) is 0 Å². The quantitative estimate of drug-likeness (QED) is 0.273. The fraction of sp³-hybridized carbons (Fsp3) is 0.500. The fourth-order valence-electron chi connectivity index (χ4n) is 6.16. The lowest BCUT2D eigenvalue weighted by atomic mass is 10.0. The van der Waals surface area contributed by atoms with Crippen molar-refractivity contribution in [3.8, 4) is 11.3 Å². The lowest BCUT2D eigenvalue weighted by Crippen LogP contribution is -2.41. The Bertz CT molecular complexity index is 1650. The van der Waals surface area contributed by atoms with Gasteiger partial charge in [0.1, 0.15) is 6.54 Å². The van der Waals surface area contributed by atoms with Crippen LogP contribution in [0.5, 0.6) is 0 Å². The van der Waals surface area contributed by atoms with Gasteiger partial charge in [0, 0.05) is 50.0 Å². The first kappa shape index (κ1) is 33.6. The average Bonchev–Trinajstić information content (AvgIpc) is 3.20. The van der Waals surface area contributed by atoms with Gasteiger partial charge >= 0.3 is 0 Å². The van der Waals surface area contributed by atoms with Crippen LogP contribution in [0, 0.1) is 0 Å². The molecule has 3 aromatic rings. The first-order valence-electron chi connectivity index (χ1n) is 16.7. The lowest BCUT2D eigenvalue weighted by Gasteiger charge is -2.36. The summed E-state index contributed by atoms with van der Waals surface area (Å²) in [6.45, 7) is 15.1. The van der Waals surface area contributed by atoms with Crippen molar-refractivity contribution >= 4 is 37.7 Å². The summed E-state index contributed by atoms with van der Waals surface area (Å²) < 4.78 is 11.9. The van der Waals surface area contributed by atoms with E-state index in [9.17, 15) is 9.59 Å². The maximum absolute atomic E-state index is 13.5. The molecule has 250 valence electrons. The molecule has 0 saturated carbocycles. The number of amides is 2. The monoisotopic (exact) mass is 675 g/mol. The third-order valence-corrected chi connectivity index (χ3v) is 15.0. The van der Waals surface area contributed by atoms with Gasteiger partial charge in [0.25, 0.3) is 5.91 Å². The van der Waals surface area contributed by atoms with Gasteiger partial charge in [0.2, 0.25) is 11.9 Å². The molecule has 2 amide bonds. The first-order chi connectivity index (χ1) is 22.4. The summed E-state index contributed by atoms with van der Waals surface area (Å²) in [5.74, 6) is 0.333. The zero-order valence-electron chi connectivity index (χ0n) is 28.2. The van der Waals surface area contributed by atoms with Crippen molar-refractivity contribution < 1.29 is 18.8 Å². The van der Waals surface area contributed by atoms with Crippen LogP contribution in [0.4, 0.5) is 5.95 Å². The van der Waals surface area contributed by atoms with Crippen LogP contribution in [0.1, 0.15) is 66.2 Å². The standard InChI is InChI=1S/C36H46ClN5O4Si/c1-36(2,3)47(4,5)46-23-24-6-7-25-10-14-41(15-11-26(25)18-24)32(43)22-42-21-28-9-8-27(19-30(28)34(42)44)33-31(37)20-38-35(40-33)39-29-12-16-45-17-13-29/h6-9,18-20,29H,10-17,21-23H2,1-5H3,(H,38,39,40). The molecule has 1 saturated heterocycles. The maximum Gasteiger partial charge on any atom is 0.254 e. The van der Waals surface area contributed by atoms with E-state index in [1.807, 2.05) is 23.1 Å². The number of nitrogens with zero attached hydrogens (tertiary/aromatic N) is 4. The summed E-state index contributed by atoms with van der Waals surface area (Å²) in [5, 5.41) is 3.96. The Morgan fingerprint density at radius 1 is 1.06 bits per heavy atom. The molecule has 0 aliphatic carbocycles. The van der Waals surface area contributed by atoms with Crippen LogP contribution in [0.25, 0.3) is 11.3 Å². The topological polar surface area (TPSA) is 96.9 Å². The maximum atomic E-state index is 13.5. The summed E-state index contributed by atoms with van der Waals surface area (Å²) in [6, 6.07) is 12.6. The highest BCUT2D eigenvalue weighted by Gasteiger charge is 2.37. The number of ether oxygens (including phenoxy) is 1. The predicted octanol–water partition coefficient (Wildman–Crippen LogP) is 6.49. The van der Waals surface area contributed by atoms with Crippen LogP contribution in [0.2, 0.25) is 23.2 Å². The Kier molecular flexibility index (Phi) is 9.76. The van der Waals surface area contributed by atoms with Gasteiger partial charge in [-0.25, -0.2) is 9.97 Å². The second-order valence-electron chi connectivity index (χ2n) is 14.5. The number of carbonyl (C=O) groups excluding carboxylic acids is 2. The fourth-order valence-corrected chi connectivity index (χ4v) is 7.32. The minimum Gasteiger partial charge on any atom is -0.413 e. The van der Waals surface area contributed by atoms with Gasteiger partial charge < -0.3 is 24.3 Å². The number of benzene rings is 2. The van der Waals surface area contributed by atoms with E-state index in [0.29, 0.717) is 61.7 Å². The number of carbonyl (C=O) groups is 2. The third kappa shape index (κ3) is 7.56. The molecule has 3 aliphatic rings. The Morgan fingerprint density at radius 2 is 1.79 bits per heavy atom. The Hall–Kier alpha value is -3.31. The number of hydrogen-bond acceptors (Lipinski definition) is 7. The normalized spacial score (nSPS) is 17.4. The third-order valence-electron chi connectivity index (χ3n) is 10.2. The lowest BCUT2D eigenvalue weighted by molar-refractivity contribution is -0.131. The molecule has 11 heteroatoms. The molecule has 3 aliphatic heterocycles. The molecule has 0 bridgehead atoms. The minimum atomic E-state index is -1.84. The summed E-state index contributed by atoms with van der Waals surface area (Å²) in [6.07, 6.45) is 4.96. The van der Waals surface area contributed by atoms with E-state index in [2.05, 4.69) is 62.4 Å². The highest BCUT2D eigenvalue weighted by atomic mass is 35.5.